The molecule has 2 aliphatic rings. The summed E-state index contributed by atoms with van der Waals surface area (Å²) in [6.07, 6.45) is 3.03. The van der Waals surface area contributed by atoms with Gasteiger partial charge in [-0.2, -0.15) is 18.3 Å². The summed E-state index contributed by atoms with van der Waals surface area (Å²) in [5, 5.41) is 14.0. The van der Waals surface area contributed by atoms with Gasteiger partial charge in [-0.05, 0) is 18.8 Å². The van der Waals surface area contributed by atoms with E-state index in [0.29, 0.717) is 12.1 Å². The first kappa shape index (κ1) is 21.8. The fourth-order valence-corrected chi connectivity index (χ4v) is 3.08. The first-order chi connectivity index (χ1) is 14.1. The SMILES string of the molecule is Cn1cc(C(=O)NCc2cn3c(n2)CN(CC2CC2)CC3)cn1.O=C(O)C(F)(F)F. The van der Waals surface area contributed by atoms with Crippen LogP contribution in [0.15, 0.2) is 18.6 Å². The molecule has 2 aromatic rings. The number of hydrogen-bond acceptors (Lipinski definition) is 5. The maximum absolute atomic E-state index is 12.0. The zero-order valence-corrected chi connectivity index (χ0v) is 16.4. The number of alkyl halides is 3. The molecule has 0 aromatic carbocycles. The van der Waals surface area contributed by atoms with Crippen molar-refractivity contribution in [2.45, 2.75) is 38.7 Å². The number of aryl methyl sites for hydroxylation is 1. The van der Waals surface area contributed by atoms with E-state index in [2.05, 4.69) is 31.1 Å². The molecule has 0 radical (unpaired) electrons. The van der Waals surface area contributed by atoms with Crippen LogP contribution in [0.3, 0.4) is 0 Å². The molecule has 1 amide bonds. The van der Waals surface area contributed by atoms with Gasteiger partial charge in [0.2, 0.25) is 0 Å². The molecule has 2 N–H and O–H groups in total. The molecule has 9 nitrogen and oxygen atoms in total. The van der Waals surface area contributed by atoms with E-state index in [1.807, 2.05) is 0 Å². The molecule has 0 spiro atoms. The minimum absolute atomic E-state index is 0.112. The molecule has 30 heavy (non-hydrogen) atoms. The fraction of sp³-hybridized carbons (Fsp3) is 0.556. The minimum atomic E-state index is -5.08. The number of carbonyl (C=O) groups is 2. The molecule has 1 fully saturated rings. The Morgan fingerprint density at radius 2 is 1.97 bits per heavy atom. The van der Waals surface area contributed by atoms with Crippen LogP contribution >= 0.6 is 0 Å². The summed E-state index contributed by atoms with van der Waals surface area (Å²) in [5.41, 5.74) is 1.50. The van der Waals surface area contributed by atoms with E-state index in [9.17, 15) is 18.0 Å². The molecule has 1 saturated carbocycles. The van der Waals surface area contributed by atoms with Gasteiger partial charge in [0, 0.05) is 39.1 Å². The van der Waals surface area contributed by atoms with Crippen molar-refractivity contribution in [3.05, 3.63) is 35.7 Å². The lowest BCUT2D eigenvalue weighted by molar-refractivity contribution is -0.192. The summed E-state index contributed by atoms with van der Waals surface area (Å²) in [7, 11) is 1.80. The summed E-state index contributed by atoms with van der Waals surface area (Å²) in [6.45, 7) is 4.68. The lowest BCUT2D eigenvalue weighted by Gasteiger charge is -2.27. The largest absolute Gasteiger partial charge is 0.490 e. The molecule has 0 bridgehead atoms. The Morgan fingerprint density at radius 3 is 2.53 bits per heavy atom. The molecule has 1 aliphatic heterocycles. The van der Waals surface area contributed by atoms with Crippen LogP contribution < -0.4 is 5.32 Å². The number of carbonyl (C=O) groups excluding carboxylic acids is 1. The summed E-state index contributed by atoms with van der Waals surface area (Å²) in [5.74, 6) is -0.843. The Hall–Kier alpha value is -2.89. The molecule has 0 saturated heterocycles. The highest BCUT2D eigenvalue weighted by molar-refractivity contribution is 5.93. The number of halogens is 3. The van der Waals surface area contributed by atoms with Crippen LogP contribution in [0, 0.1) is 5.92 Å². The Labute approximate surface area is 170 Å². The van der Waals surface area contributed by atoms with Gasteiger partial charge >= 0.3 is 12.1 Å². The van der Waals surface area contributed by atoms with Crippen LogP contribution in [0.5, 0.6) is 0 Å². The standard InChI is InChI=1S/C16H22N6O.C2HF3O2/c1-20-9-13(6-18-20)16(23)17-7-14-10-22-5-4-21(8-12-2-3-12)11-15(22)19-14;3-2(4,5)1(6)7/h6,9-10,12H,2-5,7-8,11H2,1H3,(H,17,23);(H,6,7). The molecule has 164 valence electrons. The van der Waals surface area contributed by atoms with Crippen LogP contribution in [0.4, 0.5) is 13.2 Å². The lowest BCUT2D eigenvalue weighted by atomic mass is 10.3. The smallest absolute Gasteiger partial charge is 0.475 e. The highest BCUT2D eigenvalue weighted by Crippen LogP contribution is 2.30. The number of fused-ring (bicyclic) bond motifs is 1. The normalized spacial score (nSPS) is 16.4. The van der Waals surface area contributed by atoms with Crippen molar-refractivity contribution in [2.75, 3.05) is 13.1 Å². The Bertz CT molecular complexity index is 903. The van der Waals surface area contributed by atoms with E-state index in [1.165, 1.54) is 19.4 Å². The third-order valence-corrected chi connectivity index (χ3v) is 4.78. The third kappa shape index (κ3) is 6.05. The van der Waals surface area contributed by atoms with Crippen LogP contribution in [0.1, 0.15) is 34.7 Å². The predicted molar refractivity (Wildman–Crippen MR) is 98.3 cm³/mol. The zero-order valence-electron chi connectivity index (χ0n) is 16.4. The van der Waals surface area contributed by atoms with E-state index in [1.54, 1.807) is 24.1 Å². The number of nitrogens with zero attached hydrogens (tertiary/aromatic N) is 5. The van der Waals surface area contributed by atoms with Crippen LogP contribution in [-0.4, -0.2) is 60.5 Å². The summed E-state index contributed by atoms with van der Waals surface area (Å²) in [6, 6.07) is 0. The molecule has 0 unspecified atom stereocenters. The Morgan fingerprint density at radius 1 is 1.27 bits per heavy atom. The summed E-state index contributed by atoms with van der Waals surface area (Å²) in [4.78, 5) is 28.1. The third-order valence-electron chi connectivity index (χ3n) is 4.78. The molecule has 12 heteroatoms. The van der Waals surface area contributed by atoms with Crippen molar-refractivity contribution in [2.24, 2.45) is 13.0 Å². The number of imidazole rings is 1. The fourth-order valence-electron chi connectivity index (χ4n) is 3.08. The van der Waals surface area contributed by atoms with Crippen LogP contribution in [-0.2, 0) is 31.5 Å². The van der Waals surface area contributed by atoms with Crippen molar-refractivity contribution >= 4 is 11.9 Å². The maximum atomic E-state index is 12.0. The number of carboxylic acids is 1. The van der Waals surface area contributed by atoms with Gasteiger partial charge in [0.25, 0.3) is 5.91 Å². The van der Waals surface area contributed by atoms with E-state index < -0.39 is 12.1 Å². The summed E-state index contributed by atoms with van der Waals surface area (Å²) < 4.78 is 35.6. The van der Waals surface area contributed by atoms with Crippen molar-refractivity contribution in [3.8, 4) is 0 Å². The minimum Gasteiger partial charge on any atom is -0.475 e. The second-order valence-corrected chi connectivity index (χ2v) is 7.41. The van der Waals surface area contributed by atoms with Crippen molar-refractivity contribution < 1.29 is 27.9 Å². The lowest BCUT2D eigenvalue weighted by Crippen LogP contribution is -2.34. The molecule has 1 aliphatic carbocycles. The van der Waals surface area contributed by atoms with E-state index >= 15 is 0 Å². The first-order valence-electron chi connectivity index (χ1n) is 9.46. The second kappa shape index (κ2) is 8.86. The maximum Gasteiger partial charge on any atom is 0.490 e. The topological polar surface area (TPSA) is 105 Å². The molecular weight excluding hydrogens is 405 g/mol. The Balaban J connectivity index is 0.000000318. The van der Waals surface area contributed by atoms with Gasteiger partial charge in [-0.1, -0.05) is 0 Å². The van der Waals surface area contributed by atoms with Crippen molar-refractivity contribution in [1.82, 2.24) is 29.5 Å². The second-order valence-electron chi connectivity index (χ2n) is 7.41. The van der Waals surface area contributed by atoms with Gasteiger partial charge in [0.15, 0.2) is 0 Å². The average Bonchev–Trinajstić information content (AvgIpc) is 3.22. The van der Waals surface area contributed by atoms with Crippen LogP contribution in [0.25, 0.3) is 0 Å². The number of nitrogens with one attached hydrogen (secondary N) is 1. The van der Waals surface area contributed by atoms with Crippen LogP contribution in [0.2, 0.25) is 0 Å². The Kier molecular flexibility index (Phi) is 6.44. The van der Waals surface area contributed by atoms with Gasteiger partial charge in [-0.15, -0.1) is 0 Å². The number of rotatable bonds is 5. The van der Waals surface area contributed by atoms with E-state index in [4.69, 9.17) is 9.90 Å². The van der Waals surface area contributed by atoms with Crippen molar-refractivity contribution in [1.29, 1.82) is 0 Å². The number of carboxylic acid groups (broad SMARTS) is 1. The predicted octanol–water partition coefficient (Wildman–Crippen LogP) is 1.41. The van der Waals surface area contributed by atoms with Gasteiger partial charge < -0.3 is 15.0 Å². The average molecular weight is 428 g/mol. The highest BCUT2D eigenvalue weighted by Gasteiger charge is 2.38. The first-order valence-corrected chi connectivity index (χ1v) is 9.46. The number of hydrogen-bond donors (Lipinski definition) is 2. The molecular formula is C18H23F3N6O3. The summed E-state index contributed by atoms with van der Waals surface area (Å²) >= 11 is 0. The molecule has 3 heterocycles. The monoisotopic (exact) mass is 428 g/mol. The van der Waals surface area contributed by atoms with Gasteiger partial charge in [0.05, 0.1) is 30.5 Å². The van der Waals surface area contributed by atoms with Gasteiger partial charge in [-0.25, -0.2) is 9.78 Å². The number of aliphatic carboxylic acids is 1. The van der Waals surface area contributed by atoms with E-state index in [0.717, 1.165) is 37.1 Å². The molecule has 4 rings (SSSR count). The number of amides is 1. The van der Waals surface area contributed by atoms with Gasteiger partial charge in [0.1, 0.15) is 5.82 Å². The quantitative estimate of drug-likeness (QED) is 0.746. The molecule has 0 atom stereocenters. The van der Waals surface area contributed by atoms with E-state index in [-0.39, 0.29) is 5.91 Å². The number of aromatic nitrogens is 4. The van der Waals surface area contributed by atoms with Gasteiger partial charge in [-0.3, -0.25) is 14.4 Å². The zero-order chi connectivity index (χ0) is 21.9. The van der Waals surface area contributed by atoms with Crippen molar-refractivity contribution in [3.63, 3.8) is 0 Å². The molecule has 2 aromatic heterocycles. The highest BCUT2D eigenvalue weighted by atomic mass is 19.4.